The Balaban J connectivity index is 1.96. The van der Waals surface area contributed by atoms with Crippen LogP contribution in [0.15, 0.2) is 51.1 Å². The van der Waals surface area contributed by atoms with Crippen molar-refractivity contribution >= 4 is 34.5 Å². The van der Waals surface area contributed by atoms with Gasteiger partial charge in [-0.3, -0.25) is 0 Å². The lowest BCUT2D eigenvalue weighted by Gasteiger charge is -1.97. The van der Waals surface area contributed by atoms with Gasteiger partial charge in [0.25, 0.3) is 5.22 Å². The summed E-state index contributed by atoms with van der Waals surface area (Å²) in [5, 5.41) is 10.2. The van der Waals surface area contributed by atoms with E-state index in [1.807, 2.05) is 30.3 Å². The third-order valence-electron chi connectivity index (χ3n) is 2.37. The molecule has 0 unspecified atom stereocenters. The van der Waals surface area contributed by atoms with E-state index in [1.165, 1.54) is 17.8 Å². The Morgan fingerprint density at radius 3 is 2.84 bits per heavy atom. The second-order valence-electron chi connectivity index (χ2n) is 3.68. The number of oxazole rings is 1. The minimum Gasteiger partial charge on any atom is -0.431 e. The van der Waals surface area contributed by atoms with Gasteiger partial charge in [-0.15, -0.1) is 0 Å². The smallest absolute Gasteiger partial charge is 0.263 e. The van der Waals surface area contributed by atoms with Gasteiger partial charge in [0, 0.05) is 0 Å². The Kier molecular flexibility index (Phi) is 3.11. The quantitative estimate of drug-likeness (QED) is 0.669. The average Bonchev–Trinajstić information content (AvgIpc) is 2.80. The fourth-order valence-electron chi connectivity index (χ4n) is 1.57. The van der Waals surface area contributed by atoms with Crippen molar-refractivity contribution < 1.29 is 4.42 Å². The van der Waals surface area contributed by atoms with Crippen molar-refractivity contribution in [3.8, 4) is 6.07 Å². The highest BCUT2D eigenvalue weighted by molar-refractivity contribution is 7.99. The van der Waals surface area contributed by atoms with Crippen LogP contribution in [0.25, 0.3) is 11.1 Å². The van der Waals surface area contributed by atoms with Crippen LogP contribution < -0.4 is 0 Å². The number of hydrogen-bond donors (Lipinski definition) is 0. The Morgan fingerprint density at radius 2 is 2.05 bits per heavy atom. The van der Waals surface area contributed by atoms with Crippen molar-refractivity contribution in [2.75, 3.05) is 0 Å². The summed E-state index contributed by atoms with van der Waals surface area (Å²) in [4.78, 5) is 8.45. The standard InChI is InChI=1S/C13H6ClN3OS/c14-11-5-8(7-15)6-12(17-11)19-13-16-9-3-1-2-4-10(9)18-13/h1-6H. The third-order valence-corrected chi connectivity index (χ3v) is 3.33. The van der Waals surface area contributed by atoms with Gasteiger partial charge in [-0.1, -0.05) is 23.7 Å². The molecule has 6 heteroatoms. The maximum absolute atomic E-state index is 8.88. The minimum atomic E-state index is 0.276. The number of aromatic nitrogens is 2. The predicted molar refractivity (Wildman–Crippen MR) is 72.1 cm³/mol. The van der Waals surface area contributed by atoms with Crippen molar-refractivity contribution in [2.45, 2.75) is 10.2 Å². The van der Waals surface area contributed by atoms with Gasteiger partial charge in [-0.2, -0.15) is 5.26 Å². The molecule has 0 radical (unpaired) electrons. The second-order valence-corrected chi connectivity index (χ2v) is 5.04. The van der Waals surface area contributed by atoms with E-state index < -0.39 is 0 Å². The van der Waals surface area contributed by atoms with E-state index in [1.54, 1.807) is 6.07 Å². The Labute approximate surface area is 118 Å². The number of para-hydroxylation sites is 2. The molecule has 0 atom stereocenters. The monoisotopic (exact) mass is 287 g/mol. The van der Waals surface area contributed by atoms with Crippen molar-refractivity contribution in [3.63, 3.8) is 0 Å². The van der Waals surface area contributed by atoms with Crippen LogP contribution in [0.2, 0.25) is 5.15 Å². The summed E-state index contributed by atoms with van der Waals surface area (Å²) >= 11 is 7.08. The van der Waals surface area contributed by atoms with Crippen LogP contribution in [0.5, 0.6) is 0 Å². The zero-order valence-electron chi connectivity index (χ0n) is 9.50. The topological polar surface area (TPSA) is 62.7 Å². The van der Waals surface area contributed by atoms with Gasteiger partial charge in [0.15, 0.2) is 5.58 Å². The van der Waals surface area contributed by atoms with E-state index in [0.717, 1.165) is 5.52 Å². The van der Waals surface area contributed by atoms with Crippen molar-refractivity contribution in [2.24, 2.45) is 0 Å². The number of pyridine rings is 1. The molecule has 19 heavy (non-hydrogen) atoms. The first-order valence-corrected chi connectivity index (χ1v) is 6.55. The molecular weight excluding hydrogens is 282 g/mol. The first kappa shape index (κ1) is 12.0. The normalized spacial score (nSPS) is 10.5. The fraction of sp³-hybridized carbons (Fsp3) is 0. The van der Waals surface area contributed by atoms with Gasteiger partial charge < -0.3 is 4.42 Å². The third kappa shape index (κ3) is 2.55. The van der Waals surface area contributed by atoms with Gasteiger partial charge >= 0.3 is 0 Å². The zero-order chi connectivity index (χ0) is 13.2. The Morgan fingerprint density at radius 1 is 1.21 bits per heavy atom. The lowest BCUT2D eigenvalue weighted by atomic mass is 10.3. The molecule has 0 N–H and O–H groups in total. The van der Waals surface area contributed by atoms with Gasteiger partial charge in [0.2, 0.25) is 0 Å². The number of nitrogens with zero attached hydrogens (tertiary/aromatic N) is 3. The van der Waals surface area contributed by atoms with Crippen LogP contribution in [-0.4, -0.2) is 9.97 Å². The lowest BCUT2D eigenvalue weighted by molar-refractivity contribution is 0.489. The molecule has 0 aliphatic carbocycles. The highest BCUT2D eigenvalue weighted by Crippen LogP contribution is 2.29. The molecule has 0 bridgehead atoms. The number of nitriles is 1. The highest BCUT2D eigenvalue weighted by atomic mass is 35.5. The van der Waals surface area contributed by atoms with Crippen LogP contribution in [-0.2, 0) is 0 Å². The first-order valence-electron chi connectivity index (χ1n) is 5.36. The minimum absolute atomic E-state index is 0.276. The van der Waals surface area contributed by atoms with Gasteiger partial charge in [0.1, 0.15) is 15.7 Å². The number of benzene rings is 1. The predicted octanol–water partition coefficient (Wildman–Crippen LogP) is 3.90. The van der Waals surface area contributed by atoms with E-state index in [2.05, 4.69) is 9.97 Å². The summed E-state index contributed by atoms with van der Waals surface area (Å²) in [6.45, 7) is 0. The molecule has 92 valence electrons. The van der Waals surface area contributed by atoms with E-state index in [0.29, 0.717) is 21.4 Å². The van der Waals surface area contributed by atoms with Crippen LogP contribution in [0.1, 0.15) is 5.56 Å². The molecule has 3 rings (SSSR count). The number of halogens is 1. The van der Waals surface area contributed by atoms with E-state index in [-0.39, 0.29) is 5.15 Å². The van der Waals surface area contributed by atoms with Crippen LogP contribution in [0, 0.1) is 11.3 Å². The second kappa shape index (κ2) is 4.92. The molecule has 1 aromatic carbocycles. The van der Waals surface area contributed by atoms with E-state index in [9.17, 15) is 0 Å². The summed E-state index contributed by atoms with van der Waals surface area (Å²) in [5.74, 6) is 0. The summed E-state index contributed by atoms with van der Waals surface area (Å²) in [7, 11) is 0. The van der Waals surface area contributed by atoms with Gasteiger partial charge in [0.05, 0.1) is 11.6 Å². The molecule has 0 amide bonds. The molecule has 0 aliphatic heterocycles. The van der Waals surface area contributed by atoms with Crippen LogP contribution >= 0.6 is 23.4 Å². The van der Waals surface area contributed by atoms with Crippen LogP contribution in [0.3, 0.4) is 0 Å². The molecule has 0 spiro atoms. The molecule has 4 nitrogen and oxygen atoms in total. The van der Waals surface area contributed by atoms with Gasteiger partial charge in [-0.25, -0.2) is 9.97 Å². The molecule has 2 heterocycles. The van der Waals surface area contributed by atoms with Crippen molar-refractivity contribution in [1.29, 1.82) is 5.26 Å². The maximum Gasteiger partial charge on any atom is 0.263 e. The maximum atomic E-state index is 8.88. The van der Waals surface area contributed by atoms with E-state index in [4.69, 9.17) is 21.3 Å². The lowest BCUT2D eigenvalue weighted by Crippen LogP contribution is -1.84. The fourth-order valence-corrected chi connectivity index (χ4v) is 2.62. The largest absolute Gasteiger partial charge is 0.431 e. The summed E-state index contributed by atoms with van der Waals surface area (Å²) in [5.41, 5.74) is 1.96. The van der Waals surface area contributed by atoms with E-state index >= 15 is 0 Å². The highest BCUT2D eigenvalue weighted by Gasteiger charge is 2.09. The number of hydrogen-bond acceptors (Lipinski definition) is 5. The molecule has 0 saturated carbocycles. The van der Waals surface area contributed by atoms with Crippen LogP contribution in [0.4, 0.5) is 0 Å². The molecule has 3 aromatic rings. The number of fused-ring (bicyclic) bond motifs is 1. The summed E-state index contributed by atoms with van der Waals surface area (Å²) < 4.78 is 5.57. The molecule has 2 aromatic heterocycles. The van der Waals surface area contributed by atoms with Gasteiger partial charge in [-0.05, 0) is 36.0 Å². The summed E-state index contributed by atoms with van der Waals surface area (Å²) in [6, 6.07) is 12.7. The summed E-state index contributed by atoms with van der Waals surface area (Å²) in [6.07, 6.45) is 0. The molecule has 0 fully saturated rings. The molecule has 0 saturated heterocycles. The zero-order valence-corrected chi connectivity index (χ0v) is 11.1. The van der Waals surface area contributed by atoms with Crippen molar-refractivity contribution in [1.82, 2.24) is 9.97 Å². The average molecular weight is 288 g/mol. The van der Waals surface area contributed by atoms with Crippen molar-refractivity contribution in [3.05, 3.63) is 47.1 Å². The first-order chi connectivity index (χ1) is 9.24. The number of rotatable bonds is 2. The Bertz CT molecular complexity index is 761. The molecular formula is C13H6ClN3OS. The molecule has 0 aliphatic rings. The Hall–Kier alpha value is -2.03. The SMILES string of the molecule is N#Cc1cc(Cl)nc(Sc2nc3ccccc3o2)c1.